The lowest BCUT2D eigenvalue weighted by atomic mass is 9.99. The van der Waals surface area contributed by atoms with Gasteiger partial charge in [0.25, 0.3) is 5.91 Å². The predicted molar refractivity (Wildman–Crippen MR) is 142 cm³/mol. The Kier molecular flexibility index (Phi) is 6.13. The third-order valence-corrected chi connectivity index (χ3v) is 6.52. The van der Waals surface area contributed by atoms with Crippen LogP contribution in [0.25, 0.3) is 33.6 Å². The summed E-state index contributed by atoms with van der Waals surface area (Å²) in [6, 6.07) is 25.4. The van der Waals surface area contributed by atoms with E-state index in [0.29, 0.717) is 41.8 Å². The fourth-order valence-electron chi connectivity index (χ4n) is 4.64. The highest BCUT2D eigenvalue weighted by Crippen LogP contribution is 2.39. The molecule has 8 heteroatoms. The van der Waals surface area contributed by atoms with Gasteiger partial charge in [-0.3, -0.25) is 9.59 Å². The van der Waals surface area contributed by atoms with E-state index in [1.165, 1.54) is 4.90 Å². The number of carbonyl (C=O) groups excluding carboxylic acids is 1. The Morgan fingerprint density at radius 1 is 0.763 bits per heavy atom. The molecule has 4 aromatic rings. The van der Waals surface area contributed by atoms with E-state index in [0.717, 1.165) is 27.9 Å². The molecular weight excluding hydrogens is 484 g/mol. The third-order valence-electron chi connectivity index (χ3n) is 6.52. The van der Waals surface area contributed by atoms with Gasteiger partial charge < -0.3 is 24.2 Å². The van der Waals surface area contributed by atoms with Crippen molar-refractivity contribution in [2.75, 3.05) is 31.3 Å². The second kappa shape index (κ2) is 9.89. The Labute approximate surface area is 219 Å². The van der Waals surface area contributed by atoms with Crippen molar-refractivity contribution in [3.8, 4) is 50.9 Å². The molecule has 0 spiro atoms. The highest BCUT2D eigenvalue weighted by Gasteiger charge is 2.26. The Bertz CT molecular complexity index is 1540. The van der Waals surface area contributed by atoms with E-state index in [1.807, 2.05) is 72.8 Å². The fraction of sp³-hybridized carbons (Fsp3) is 0.167. The lowest BCUT2D eigenvalue weighted by Gasteiger charge is -2.29. The molecule has 3 heterocycles. The van der Waals surface area contributed by atoms with E-state index < -0.39 is 5.97 Å². The first kappa shape index (κ1) is 23.5. The Morgan fingerprint density at radius 3 is 2.18 bits per heavy atom. The lowest BCUT2D eigenvalue weighted by Crippen LogP contribution is -2.40. The average molecular weight is 509 g/mol. The van der Waals surface area contributed by atoms with Crippen LogP contribution < -0.4 is 19.1 Å². The summed E-state index contributed by atoms with van der Waals surface area (Å²) >= 11 is 0. The molecule has 0 aliphatic carbocycles. The Hall–Kier alpha value is -4.85. The average Bonchev–Trinajstić information content (AvgIpc) is 2.96. The van der Waals surface area contributed by atoms with Crippen molar-refractivity contribution < 1.29 is 28.9 Å². The van der Waals surface area contributed by atoms with Gasteiger partial charge in [0, 0.05) is 17.7 Å². The molecule has 8 nitrogen and oxygen atoms in total. The van der Waals surface area contributed by atoms with Gasteiger partial charge in [-0.1, -0.05) is 30.3 Å². The molecule has 190 valence electrons. The summed E-state index contributed by atoms with van der Waals surface area (Å²) < 4.78 is 17.1. The standard InChI is InChI=1S/C30H24N2O6/c33-29-18-38-26-8-6-20(16-25(26)32(29)11-10-30(34)35)23-14-22(19-4-2-1-3-5-19)15-24(31-23)21-7-9-27-28(17-21)37-13-12-36-27/h1-9,14-17H,10-13,18H2,(H,34,35). The smallest absolute Gasteiger partial charge is 0.305 e. The van der Waals surface area contributed by atoms with Crippen molar-refractivity contribution >= 4 is 17.6 Å². The minimum atomic E-state index is -0.969. The summed E-state index contributed by atoms with van der Waals surface area (Å²) in [5.41, 5.74) is 5.67. The van der Waals surface area contributed by atoms with E-state index in [9.17, 15) is 9.59 Å². The van der Waals surface area contributed by atoms with Gasteiger partial charge in [-0.05, 0) is 59.7 Å². The molecule has 0 saturated heterocycles. The molecule has 6 rings (SSSR count). The highest BCUT2D eigenvalue weighted by molar-refractivity contribution is 5.99. The number of amides is 1. The van der Waals surface area contributed by atoms with Crippen molar-refractivity contribution in [3.05, 3.63) is 78.9 Å². The highest BCUT2D eigenvalue weighted by atomic mass is 16.6. The topological polar surface area (TPSA) is 98.2 Å². The molecule has 0 bridgehead atoms. The number of benzene rings is 3. The van der Waals surface area contributed by atoms with E-state index in [1.54, 1.807) is 6.07 Å². The number of nitrogens with zero attached hydrogens (tertiary/aromatic N) is 2. The second-order valence-corrected chi connectivity index (χ2v) is 9.01. The number of anilines is 1. The summed E-state index contributed by atoms with van der Waals surface area (Å²) in [7, 11) is 0. The number of hydrogen-bond donors (Lipinski definition) is 1. The van der Waals surface area contributed by atoms with Crippen molar-refractivity contribution in [3.63, 3.8) is 0 Å². The molecular formula is C30H24N2O6. The van der Waals surface area contributed by atoms with E-state index in [-0.39, 0.29) is 25.5 Å². The maximum atomic E-state index is 12.6. The quantitative estimate of drug-likeness (QED) is 0.389. The number of carboxylic acids is 1. The number of ether oxygens (including phenoxy) is 3. The van der Waals surface area contributed by atoms with Crippen LogP contribution in [0, 0.1) is 0 Å². The molecule has 2 aliphatic heterocycles. The Balaban J connectivity index is 1.46. The van der Waals surface area contributed by atoms with Gasteiger partial charge in [-0.25, -0.2) is 4.98 Å². The van der Waals surface area contributed by atoms with Crippen LogP contribution in [0.3, 0.4) is 0 Å². The van der Waals surface area contributed by atoms with Crippen molar-refractivity contribution in [1.29, 1.82) is 0 Å². The molecule has 3 aromatic carbocycles. The number of rotatable bonds is 6. The monoisotopic (exact) mass is 508 g/mol. The van der Waals surface area contributed by atoms with Crippen molar-refractivity contribution in [2.45, 2.75) is 6.42 Å². The van der Waals surface area contributed by atoms with Crippen LogP contribution in [-0.4, -0.2) is 48.3 Å². The van der Waals surface area contributed by atoms with E-state index in [4.69, 9.17) is 24.3 Å². The molecule has 38 heavy (non-hydrogen) atoms. The minimum Gasteiger partial charge on any atom is -0.486 e. The summed E-state index contributed by atoms with van der Waals surface area (Å²) in [6.07, 6.45) is -0.161. The molecule has 0 fully saturated rings. The number of carboxylic acid groups (broad SMARTS) is 1. The zero-order valence-electron chi connectivity index (χ0n) is 20.4. The van der Waals surface area contributed by atoms with Gasteiger partial charge in [-0.15, -0.1) is 0 Å². The molecule has 1 aromatic heterocycles. The summed E-state index contributed by atoms with van der Waals surface area (Å²) in [6.45, 7) is 0.954. The van der Waals surface area contributed by atoms with Crippen molar-refractivity contribution in [2.24, 2.45) is 0 Å². The van der Waals surface area contributed by atoms with Crippen LogP contribution in [0.1, 0.15) is 6.42 Å². The number of carbonyl (C=O) groups is 2. The number of pyridine rings is 1. The van der Waals surface area contributed by atoms with Gasteiger partial charge in [0.1, 0.15) is 19.0 Å². The van der Waals surface area contributed by atoms with E-state index in [2.05, 4.69) is 0 Å². The van der Waals surface area contributed by atoms with Gasteiger partial charge in [0.15, 0.2) is 18.1 Å². The predicted octanol–water partition coefficient (Wildman–Crippen LogP) is 5.05. The number of aliphatic carboxylic acids is 1. The van der Waals surface area contributed by atoms with Gasteiger partial charge >= 0.3 is 5.97 Å². The normalized spacial score (nSPS) is 14.0. The Morgan fingerprint density at radius 2 is 1.45 bits per heavy atom. The summed E-state index contributed by atoms with van der Waals surface area (Å²) in [5.74, 6) is 0.674. The van der Waals surface area contributed by atoms with Crippen molar-refractivity contribution in [1.82, 2.24) is 4.98 Å². The number of aromatic nitrogens is 1. The molecule has 1 N–H and O–H groups in total. The summed E-state index contributed by atoms with van der Waals surface area (Å²) in [5, 5.41) is 9.17. The second-order valence-electron chi connectivity index (χ2n) is 9.01. The molecule has 0 radical (unpaired) electrons. The molecule has 1 amide bonds. The molecule has 0 atom stereocenters. The van der Waals surface area contributed by atoms with Gasteiger partial charge in [0.2, 0.25) is 0 Å². The first-order valence-corrected chi connectivity index (χ1v) is 12.3. The molecule has 2 aliphatic rings. The number of hydrogen-bond acceptors (Lipinski definition) is 6. The molecule has 0 unspecified atom stereocenters. The lowest BCUT2D eigenvalue weighted by molar-refractivity contribution is -0.136. The zero-order valence-corrected chi connectivity index (χ0v) is 20.4. The van der Waals surface area contributed by atoms with Crippen LogP contribution >= 0.6 is 0 Å². The van der Waals surface area contributed by atoms with Crippen LogP contribution in [0.2, 0.25) is 0 Å². The third kappa shape index (κ3) is 4.64. The van der Waals surface area contributed by atoms with Crippen LogP contribution in [0.15, 0.2) is 78.9 Å². The van der Waals surface area contributed by atoms with E-state index >= 15 is 0 Å². The number of fused-ring (bicyclic) bond motifs is 2. The fourth-order valence-corrected chi connectivity index (χ4v) is 4.64. The minimum absolute atomic E-state index is 0.0634. The maximum Gasteiger partial charge on any atom is 0.305 e. The van der Waals surface area contributed by atoms with Gasteiger partial charge in [0.05, 0.1) is 23.5 Å². The summed E-state index contributed by atoms with van der Waals surface area (Å²) in [4.78, 5) is 30.2. The van der Waals surface area contributed by atoms with Gasteiger partial charge in [-0.2, -0.15) is 0 Å². The molecule has 0 saturated carbocycles. The first-order valence-electron chi connectivity index (χ1n) is 12.3. The zero-order chi connectivity index (χ0) is 26.1. The van der Waals surface area contributed by atoms with Crippen LogP contribution in [0.4, 0.5) is 5.69 Å². The SMILES string of the molecule is O=C(O)CCN1C(=O)COc2ccc(-c3cc(-c4ccccc4)cc(-c4ccc5c(c4)OCCO5)n3)cc21. The maximum absolute atomic E-state index is 12.6. The first-order chi connectivity index (χ1) is 18.5. The van der Waals surface area contributed by atoms with Crippen LogP contribution in [0.5, 0.6) is 17.2 Å². The largest absolute Gasteiger partial charge is 0.486 e. The van der Waals surface area contributed by atoms with Crippen LogP contribution in [-0.2, 0) is 9.59 Å².